The van der Waals surface area contributed by atoms with E-state index in [0.717, 1.165) is 75.4 Å². The number of hydrogen-bond donors (Lipinski definition) is 1. The third kappa shape index (κ3) is 5.98. The molecule has 0 bridgehead atoms. The van der Waals surface area contributed by atoms with Gasteiger partial charge in [0.2, 0.25) is 0 Å². The van der Waals surface area contributed by atoms with Gasteiger partial charge in [0.1, 0.15) is 11.5 Å². The number of ether oxygens (including phenoxy) is 2. The lowest BCUT2D eigenvalue weighted by Gasteiger charge is -2.09. The van der Waals surface area contributed by atoms with Crippen molar-refractivity contribution in [2.24, 2.45) is 0 Å². The van der Waals surface area contributed by atoms with Crippen LogP contribution in [0.3, 0.4) is 0 Å². The first-order valence-corrected chi connectivity index (χ1v) is 12.9. The number of nitrogens with one attached hydrogen (secondary N) is 1. The summed E-state index contributed by atoms with van der Waals surface area (Å²) in [5.41, 5.74) is 3.17. The third-order valence-electron chi connectivity index (χ3n) is 6.01. The average Bonchev–Trinajstić information content (AvgIpc) is 3.29. The maximum absolute atomic E-state index is 13.7. The molecule has 0 saturated heterocycles. The summed E-state index contributed by atoms with van der Waals surface area (Å²) in [6, 6.07) is 23.3. The Kier molecular flexibility index (Phi) is 8.32. The molecule has 180 valence electrons. The van der Waals surface area contributed by atoms with Gasteiger partial charge in [0.05, 0.1) is 13.7 Å². The molecule has 1 aromatic heterocycles. The van der Waals surface area contributed by atoms with Crippen LogP contribution in [0.4, 0.5) is 0 Å². The van der Waals surface area contributed by atoms with Gasteiger partial charge in [-0.25, -0.2) is 0 Å². The van der Waals surface area contributed by atoms with E-state index in [1.54, 1.807) is 18.4 Å². The van der Waals surface area contributed by atoms with Gasteiger partial charge in [0.25, 0.3) is 0 Å². The van der Waals surface area contributed by atoms with Crippen molar-refractivity contribution in [2.45, 2.75) is 39.0 Å². The van der Waals surface area contributed by atoms with Gasteiger partial charge in [-0.2, -0.15) is 0 Å². The van der Waals surface area contributed by atoms with Gasteiger partial charge in [-0.05, 0) is 85.8 Å². The third-order valence-corrected chi connectivity index (χ3v) is 7.23. The van der Waals surface area contributed by atoms with E-state index in [-0.39, 0.29) is 5.78 Å². The minimum absolute atomic E-state index is 0.00388. The Balaban J connectivity index is 1.50. The summed E-state index contributed by atoms with van der Waals surface area (Å²) < 4.78 is 12.2. The molecule has 0 radical (unpaired) electrons. The van der Waals surface area contributed by atoms with Crippen LogP contribution in [0.5, 0.6) is 11.5 Å². The van der Waals surface area contributed by atoms with E-state index in [1.807, 2.05) is 66.7 Å². The molecule has 0 aliphatic rings. The Hall–Kier alpha value is -3.44. The van der Waals surface area contributed by atoms with E-state index < -0.39 is 0 Å². The van der Waals surface area contributed by atoms with Crippen LogP contribution in [0, 0.1) is 5.41 Å². The number of benzene rings is 3. The van der Waals surface area contributed by atoms with Crippen LogP contribution in [0.15, 0.2) is 72.8 Å². The van der Waals surface area contributed by atoms with Crippen molar-refractivity contribution < 1.29 is 14.3 Å². The molecule has 0 fully saturated rings. The van der Waals surface area contributed by atoms with Crippen molar-refractivity contribution in [1.29, 1.82) is 5.41 Å². The van der Waals surface area contributed by atoms with Crippen LogP contribution >= 0.6 is 11.3 Å². The topological polar surface area (TPSA) is 59.4 Å². The molecule has 1 heterocycles. The Morgan fingerprint density at radius 3 is 2.29 bits per heavy atom. The van der Waals surface area contributed by atoms with Crippen molar-refractivity contribution in [3.63, 3.8) is 0 Å². The molecule has 4 rings (SSSR count). The Labute approximate surface area is 211 Å². The number of fused-ring (bicyclic) bond motifs is 1. The number of ketones is 1. The van der Waals surface area contributed by atoms with Gasteiger partial charge in [-0.1, -0.05) is 31.5 Å². The highest BCUT2D eigenvalue weighted by Gasteiger charge is 2.21. The fraction of sp³-hybridized carbons (Fsp3) is 0.267. The smallest absolute Gasteiger partial charge is 0.195 e. The van der Waals surface area contributed by atoms with E-state index in [1.165, 1.54) is 0 Å². The zero-order valence-electron chi connectivity index (χ0n) is 20.3. The Bertz CT molecular complexity index is 1290. The zero-order chi connectivity index (χ0) is 24.6. The maximum Gasteiger partial charge on any atom is 0.195 e. The monoisotopic (exact) mass is 485 g/mol. The fourth-order valence-corrected chi connectivity index (χ4v) is 5.26. The summed E-state index contributed by atoms with van der Waals surface area (Å²) in [6.07, 6.45) is 4.68. The van der Waals surface area contributed by atoms with Crippen LogP contribution in [0.2, 0.25) is 0 Å². The summed E-state index contributed by atoms with van der Waals surface area (Å²) in [5.74, 6) is 1.53. The fourth-order valence-electron chi connectivity index (χ4n) is 4.05. The number of hydrogen-bond acceptors (Lipinski definition) is 5. The molecule has 5 heteroatoms. The predicted molar refractivity (Wildman–Crippen MR) is 146 cm³/mol. The number of unbranched alkanes of at least 4 members (excludes halogenated alkanes) is 1. The van der Waals surface area contributed by atoms with Crippen molar-refractivity contribution in [1.82, 2.24) is 0 Å². The lowest BCUT2D eigenvalue weighted by Crippen LogP contribution is -2.04. The molecule has 0 unspecified atom stereocenters. The predicted octanol–water partition coefficient (Wildman–Crippen LogP) is 8.18. The van der Waals surface area contributed by atoms with Gasteiger partial charge in [-0.3, -0.25) is 4.79 Å². The summed E-state index contributed by atoms with van der Waals surface area (Å²) >= 11 is 1.63. The first-order chi connectivity index (χ1) is 17.1. The number of thiophene rings is 1. The molecule has 0 amide bonds. The van der Waals surface area contributed by atoms with E-state index in [4.69, 9.17) is 14.9 Å². The van der Waals surface area contributed by atoms with Gasteiger partial charge in [-0.15, -0.1) is 11.3 Å². The second-order valence-electron chi connectivity index (χ2n) is 8.54. The lowest BCUT2D eigenvalue weighted by atomic mass is 9.97. The zero-order valence-corrected chi connectivity index (χ0v) is 21.1. The Morgan fingerprint density at radius 1 is 0.886 bits per heavy atom. The summed E-state index contributed by atoms with van der Waals surface area (Å²) in [7, 11) is 1.65. The highest BCUT2D eigenvalue weighted by atomic mass is 32.1. The Morgan fingerprint density at radius 2 is 1.57 bits per heavy atom. The van der Waals surface area contributed by atoms with Crippen molar-refractivity contribution in [3.8, 4) is 21.9 Å². The number of methoxy groups -OCH3 is 1. The molecule has 0 saturated carbocycles. The minimum atomic E-state index is 0.00388. The molecule has 1 N–H and O–H groups in total. The van der Waals surface area contributed by atoms with Crippen LogP contribution in [0.25, 0.3) is 20.5 Å². The molecule has 0 atom stereocenters. The van der Waals surface area contributed by atoms with E-state index in [2.05, 4.69) is 13.0 Å². The van der Waals surface area contributed by atoms with Crippen LogP contribution < -0.4 is 9.47 Å². The molecular formula is C30H31NO3S. The molecule has 0 aliphatic carbocycles. The normalized spacial score (nSPS) is 10.9. The highest BCUT2D eigenvalue weighted by molar-refractivity contribution is 7.22. The summed E-state index contributed by atoms with van der Waals surface area (Å²) in [5, 5.41) is 8.95. The lowest BCUT2D eigenvalue weighted by molar-refractivity contribution is 0.104. The van der Waals surface area contributed by atoms with Gasteiger partial charge >= 0.3 is 0 Å². The van der Waals surface area contributed by atoms with E-state index in [9.17, 15) is 4.79 Å². The van der Waals surface area contributed by atoms with E-state index in [0.29, 0.717) is 12.2 Å². The SMILES string of the molecule is CCCCC(=N)CCCOc1ccc(C(=O)c2c(-c3ccc(OC)cc3)sc3ccccc23)cc1. The quantitative estimate of drug-likeness (QED) is 0.125. The van der Waals surface area contributed by atoms with Crippen molar-refractivity contribution in [3.05, 3.63) is 83.9 Å². The second kappa shape index (κ2) is 11.8. The van der Waals surface area contributed by atoms with Crippen LogP contribution in [-0.4, -0.2) is 25.2 Å². The minimum Gasteiger partial charge on any atom is -0.497 e. The number of carbonyl (C=O) groups excluding carboxylic acids is 1. The van der Waals surface area contributed by atoms with Gasteiger partial charge < -0.3 is 14.9 Å². The average molecular weight is 486 g/mol. The molecule has 0 aliphatic heterocycles. The molecule has 4 aromatic rings. The summed E-state index contributed by atoms with van der Waals surface area (Å²) in [4.78, 5) is 14.7. The van der Waals surface area contributed by atoms with Crippen molar-refractivity contribution >= 4 is 32.9 Å². The van der Waals surface area contributed by atoms with Gasteiger partial charge in [0, 0.05) is 31.8 Å². The standard InChI is InChI=1S/C30H31NO3S/c1-3-4-8-23(31)9-7-20-34-25-18-12-21(13-19-25)29(32)28-26-10-5-6-11-27(26)35-30(28)22-14-16-24(33-2)17-15-22/h5-6,10-19,31H,3-4,7-9,20H2,1-2H3. The van der Waals surface area contributed by atoms with Crippen LogP contribution in [0.1, 0.15) is 54.9 Å². The largest absolute Gasteiger partial charge is 0.497 e. The number of carbonyl (C=O) groups is 1. The van der Waals surface area contributed by atoms with Gasteiger partial charge in [0.15, 0.2) is 5.78 Å². The van der Waals surface area contributed by atoms with Crippen LogP contribution in [-0.2, 0) is 0 Å². The molecule has 0 spiro atoms. The highest BCUT2D eigenvalue weighted by Crippen LogP contribution is 2.40. The molecule has 4 nitrogen and oxygen atoms in total. The molecular weight excluding hydrogens is 454 g/mol. The van der Waals surface area contributed by atoms with Crippen molar-refractivity contribution in [2.75, 3.05) is 13.7 Å². The first kappa shape index (κ1) is 24.7. The summed E-state index contributed by atoms with van der Waals surface area (Å²) in [6.45, 7) is 2.71. The van der Waals surface area contributed by atoms with E-state index >= 15 is 0 Å². The second-order valence-corrected chi connectivity index (χ2v) is 9.60. The molecule has 3 aromatic carbocycles. The first-order valence-electron chi connectivity index (χ1n) is 12.1. The number of rotatable bonds is 12. The maximum atomic E-state index is 13.7. The molecule has 35 heavy (non-hydrogen) atoms.